The van der Waals surface area contributed by atoms with Gasteiger partial charge in [0, 0.05) is 5.02 Å². The molecule has 1 heterocycles. The van der Waals surface area contributed by atoms with Crippen LogP contribution in [0.25, 0.3) is 0 Å². The smallest absolute Gasteiger partial charge is 0.267 e. The van der Waals surface area contributed by atoms with Crippen molar-refractivity contribution in [2.45, 2.75) is 12.5 Å². The zero-order valence-corrected chi connectivity index (χ0v) is 8.03. The molecule has 0 aliphatic carbocycles. The third kappa shape index (κ3) is 1.37. The molecule has 1 atom stereocenters. The molecule has 1 aliphatic rings. The summed E-state index contributed by atoms with van der Waals surface area (Å²) in [6.07, 6.45) is 0.433. The van der Waals surface area contributed by atoms with Gasteiger partial charge in [0.25, 0.3) is 5.91 Å². The first kappa shape index (κ1) is 9.45. The average molecular weight is 213 g/mol. The Balaban J connectivity index is 2.51. The Morgan fingerprint density at radius 3 is 3.00 bits per heavy atom. The number of hydrogen-bond acceptors (Lipinski definition) is 3. The van der Waals surface area contributed by atoms with Gasteiger partial charge in [-0.3, -0.25) is 10.0 Å². The second-order valence-corrected chi connectivity index (χ2v) is 3.67. The Morgan fingerprint density at radius 2 is 2.29 bits per heavy atom. The molecular weight excluding hydrogens is 204 g/mol. The van der Waals surface area contributed by atoms with Crippen molar-refractivity contribution < 1.29 is 10.0 Å². The van der Waals surface area contributed by atoms with E-state index in [1.807, 2.05) is 0 Å². The Bertz CT molecular complexity index is 394. The number of anilines is 1. The van der Waals surface area contributed by atoms with Crippen LogP contribution in [0.2, 0.25) is 5.02 Å². The molecule has 1 aromatic rings. The van der Waals surface area contributed by atoms with E-state index >= 15 is 0 Å². The first-order chi connectivity index (χ1) is 6.59. The number of carbonyl (C=O) groups is 1. The van der Waals surface area contributed by atoms with Crippen LogP contribution in [0.3, 0.4) is 0 Å². The maximum Gasteiger partial charge on any atom is 0.267 e. The highest BCUT2D eigenvalue weighted by molar-refractivity contribution is 6.31. The number of carbonyl (C=O) groups excluding carboxylic acids is 1. The predicted octanol–water partition coefficient (Wildman–Crippen LogP) is 0.946. The van der Waals surface area contributed by atoms with E-state index in [0.717, 1.165) is 5.56 Å². The summed E-state index contributed by atoms with van der Waals surface area (Å²) in [6.45, 7) is 0. The summed E-state index contributed by atoms with van der Waals surface area (Å²) in [5.74, 6) is -0.500. The van der Waals surface area contributed by atoms with Gasteiger partial charge in [-0.1, -0.05) is 17.7 Å². The van der Waals surface area contributed by atoms with E-state index in [0.29, 0.717) is 22.2 Å². The van der Waals surface area contributed by atoms with Crippen LogP contribution in [0.15, 0.2) is 18.2 Å². The summed E-state index contributed by atoms with van der Waals surface area (Å²) < 4.78 is 0. The molecule has 74 valence electrons. The third-order valence-electron chi connectivity index (χ3n) is 2.24. The van der Waals surface area contributed by atoms with Crippen molar-refractivity contribution in [3.8, 4) is 0 Å². The van der Waals surface area contributed by atoms with E-state index in [4.69, 9.17) is 17.3 Å². The fourth-order valence-corrected chi connectivity index (χ4v) is 1.67. The van der Waals surface area contributed by atoms with Crippen molar-refractivity contribution in [3.63, 3.8) is 0 Å². The minimum Gasteiger partial charge on any atom is -0.320 e. The molecule has 3 N–H and O–H groups in total. The van der Waals surface area contributed by atoms with Crippen molar-refractivity contribution in [1.82, 2.24) is 0 Å². The zero-order valence-electron chi connectivity index (χ0n) is 7.27. The minimum atomic E-state index is -0.673. The van der Waals surface area contributed by atoms with Crippen LogP contribution in [-0.2, 0) is 11.2 Å². The lowest BCUT2D eigenvalue weighted by Gasteiger charge is -2.27. The highest BCUT2D eigenvalue weighted by Gasteiger charge is 2.29. The monoisotopic (exact) mass is 212 g/mol. The lowest BCUT2D eigenvalue weighted by Crippen LogP contribution is -2.47. The van der Waals surface area contributed by atoms with Crippen molar-refractivity contribution >= 4 is 23.2 Å². The molecule has 0 aromatic heterocycles. The van der Waals surface area contributed by atoms with E-state index in [1.54, 1.807) is 18.2 Å². The highest BCUT2D eigenvalue weighted by atomic mass is 35.5. The number of amides is 1. The van der Waals surface area contributed by atoms with Gasteiger partial charge in [0.15, 0.2) is 0 Å². The molecule has 1 amide bonds. The maximum absolute atomic E-state index is 11.3. The van der Waals surface area contributed by atoms with Crippen LogP contribution < -0.4 is 10.8 Å². The number of rotatable bonds is 0. The molecule has 5 heteroatoms. The van der Waals surface area contributed by atoms with Crippen LogP contribution >= 0.6 is 11.6 Å². The lowest BCUT2D eigenvalue weighted by atomic mass is 9.99. The van der Waals surface area contributed by atoms with Gasteiger partial charge in [-0.2, -0.15) is 5.06 Å². The van der Waals surface area contributed by atoms with Gasteiger partial charge in [-0.25, -0.2) is 0 Å². The summed E-state index contributed by atoms with van der Waals surface area (Å²) in [7, 11) is 0. The van der Waals surface area contributed by atoms with Gasteiger partial charge >= 0.3 is 0 Å². The fourth-order valence-electron chi connectivity index (χ4n) is 1.51. The summed E-state index contributed by atoms with van der Waals surface area (Å²) >= 11 is 5.75. The first-order valence-electron chi connectivity index (χ1n) is 4.16. The number of halogens is 1. The number of fused-ring (bicyclic) bond motifs is 1. The number of benzene rings is 1. The zero-order chi connectivity index (χ0) is 10.3. The number of hydrogen-bond donors (Lipinski definition) is 2. The third-order valence-corrected chi connectivity index (χ3v) is 2.48. The molecule has 4 nitrogen and oxygen atoms in total. The molecule has 2 rings (SSSR count). The van der Waals surface area contributed by atoms with E-state index in [9.17, 15) is 10.0 Å². The highest BCUT2D eigenvalue weighted by Crippen LogP contribution is 2.28. The Labute approximate surface area is 85.8 Å². The quantitative estimate of drug-likeness (QED) is 0.630. The van der Waals surface area contributed by atoms with Gasteiger partial charge in [0.2, 0.25) is 0 Å². The summed E-state index contributed by atoms with van der Waals surface area (Å²) in [5, 5.41) is 10.5. The van der Waals surface area contributed by atoms with E-state index in [1.165, 1.54) is 0 Å². The van der Waals surface area contributed by atoms with E-state index in [-0.39, 0.29) is 0 Å². The molecule has 0 radical (unpaired) electrons. The molecule has 14 heavy (non-hydrogen) atoms. The minimum absolute atomic E-state index is 0.421. The predicted molar refractivity (Wildman–Crippen MR) is 52.4 cm³/mol. The Morgan fingerprint density at radius 1 is 1.57 bits per heavy atom. The fraction of sp³-hybridized carbons (Fsp3) is 0.222. The average Bonchev–Trinajstić information content (AvgIpc) is 2.16. The number of nitrogens with zero attached hydrogens (tertiary/aromatic N) is 1. The van der Waals surface area contributed by atoms with Crippen molar-refractivity contribution in [2.24, 2.45) is 5.73 Å². The van der Waals surface area contributed by atoms with Crippen molar-refractivity contribution in [2.75, 3.05) is 5.06 Å². The van der Waals surface area contributed by atoms with Crippen LogP contribution in [0.4, 0.5) is 5.69 Å². The van der Waals surface area contributed by atoms with Gasteiger partial charge < -0.3 is 5.73 Å². The van der Waals surface area contributed by atoms with Crippen LogP contribution in [-0.4, -0.2) is 17.2 Å². The van der Waals surface area contributed by atoms with Gasteiger partial charge in [0.05, 0.1) is 11.7 Å². The van der Waals surface area contributed by atoms with Crippen LogP contribution in [0.5, 0.6) is 0 Å². The second kappa shape index (κ2) is 3.24. The Hall–Kier alpha value is -1.10. The van der Waals surface area contributed by atoms with Gasteiger partial charge in [-0.05, 0) is 24.1 Å². The largest absolute Gasteiger partial charge is 0.320 e. The maximum atomic E-state index is 11.3. The molecule has 0 fully saturated rings. The molecule has 1 aromatic carbocycles. The molecular formula is C9H9ClN2O2. The Kier molecular flexibility index (Phi) is 2.19. The van der Waals surface area contributed by atoms with Gasteiger partial charge in [0.1, 0.15) is 0 Å². The van der Waals surface area contributed by atoms with Gasteiger partial charge in [-0.15, -0.1) is 0 Å². The lowest BCUT2D eigenvalue weighted by molar-refractivity contribution is -0.125. The van der Waals surface area contributed by atoms with Crippen molar-refractivity contribution in [3.05, 3.63) is 28.8 Å². The molecule has 0 saturated heterocycles. The first-order valence-corrected chi connectivity index (χ1v) is 4.54. The molecule has 1 unspecified atom stereocenters. The van der Waals surface area contributed by atoms with Crippen LogP contribution in [0, 0.1) is 0 Å². The van der Waals surface area contributed by atoms with Crippen LogP contribution in [0.1, 0.15) is 5.56 Å². The van der Waals surface area contributed by atoms with E-state index in [2.05, 4.69) is 0 Å². The number of nitrogens with two attached hydrogens (primary N) is 1. The summed E-state index contributed by atoms with van der Waals surface area (Å²) in [4.78, 5) is 11.3. The molecule has 0 spiro atoms. The second-order valence-electron chi connectivity index (χ2n) is 3.23. The van der Waals surface area contributed by atoms with Crippen molar-refractivity contribution in [1.29, 1.82) is 0 Å². The topological polar surface area (TPSA) is 66.6 Å². The van der Waals surface area contributed by atoms with E-state index < -0.39 is 11.9 Å². The summed E-state index contributed by atoms with van der Waals surface area (Å²) in [5.41, 5.74) is 6.78. The molecule has 0 bridgehead atoms. The number of hydroxylamine groups is 1. The molecule has 0 saturated carbocycles. The SMILES string of the molecule is NC1Cc2ccc(Cl)cc2N(O)C1=O. The standard InChI is InChI=1S/C9H9ClN2O2/c10-6-2-1-5-3-7(11)9(13)12(14)8(5)4-6/h1-2,4,7,14H,3,11H2. The summed E-state index contributed by atoms with van der Waals surface area (Å²) in [6, 6.07) is 4.33. The molecule has 1 aliphatic heterocycles. The normalized spacial score (nSPS) is 20.9.